The van der Waals surface area contributed by atoms with E-state index in [1.165, 1.54) is 6.20 Å². The number of aliphatic carboxylic acids is 1. The molecule has 5 rings (SSSR count). The lowest BCUT2D eigenvalue weighted by Gasteiger charge is -2.32. The molecule has 2 fully saturated rings. The first-order valence-corrected chi connectivity index (χ1v) is 14.0. The first-order valence-electron chi connectivity index (χ1n) is 13.3. The average Bonchev–Trinajstić information content (AvgIpc) is 2.92. The molecule has 2 aliphatic heterocycles. The Labute approximate surface area is 242 Å². The molecular weight excluding hydrogens is 558 g/mol. The summed E-state index contributed by atoms with van der Waals surface area (Å²) in [6.45, 7) is 5.25. The maximum atomic E-state index is 15.8. The lowest BCUT2D eigenvalue weighted by atomic mass is 9.93. The molecule has 2 aliphatic rings. The van der Waals surface area contributed by atoms with E-state index in [0.29, 0.717) is 46.5 Å². The molecule has 40 heavy (non-hydrogen) atoms. The van der Waals surface area contributed by atoms with Gasteiger partial charge >= 0.3 is 5.97 Å². The number of nitrogens with zero attached hydrogens (tertiary/aromatic N) is 6. The largest absolute Gasteiger partial charge is 0.481 e. The number of halogens is 3. The lowest BCUT2D eigenvalue weighted by Crippen LogP contribution is -2.44. The highest BCUT2D eigenvalue weighted by molar-refractivity contribution is 6.35. The molecule has 0 aliphatic carbocycles. The van der Waals surface area contributed by atoms with Crippen molar-refractivity contribution in [1.29, 1.82) is 0 Å². The molecule has 0 bridgehead atoms. The Morgan fingerprint density at radius 1 is 1.02 bits per heavy atom. The van der Waals surface area contributed by atoms with Crippen LogP contribution in [-0.2, 0) is 11.3 Å². The number of benzene rings is 1. The number of hydrogen-bond donors (Lipinski definition) is 1. The van der Waals surface area contributed by atoms with Gasteiger partial charge in [-0.25, -0.2) is 19.3 Å². The zero-order valence-corrected chi connectivity index (χ0v) is 23.7. The van der Waals surface area contributed by atoms with Crippen LogP contribution >= 0.6 is 23.2 Å². The molecule has 0 saturated carbocycles. The predicted molar refractivity (Wildman–Crippen MR) is 152 cm³/mol. The molecule has 0 radical (unpaired) electrons. The van der Waals surface area contributed by atoms with E-state index in [-0.39, 0.29) is 24.1 Å². The van der Waals surface area contributed by atoms with Crippen molar-refractivity contribution in [3.63, 3.8) is 0 Å². The number of anilines is 1. The maximum Gasteiger partial charge on any atom is 0.303 e. The fourth-order valence-electron chi connectivity index (χ4n) is 5.09. The van der Waals surface area contributed by atoms with Gasteiger partial charge in [0.05, 0.1) is 18.1 Å². The van der Waals surface area contributed by atoms with Crippen molar-refractivity contribution >= 4 is 35.0 Å². The van der Waals surface area contributed by atoms with Gasteiger partial charge in [-0.15, -0.1) is 0 Å². The minimum Gasteiger partial charge on any atom is -0.481 e. The van der Waals surface area contributed by atoms with Gasteiger partial charge in [0, 0.05) is 60.3 Å². The number of carboxylic acid groups (broad SMARTS) is 1. The van der Waals surface area contributed by atoms with Crippen molar-refractivity contribution in [3.8, 4) is 23.0 Å². The Bertz CT molecular complexity index is 1330. The van der Waals surface area contributed by atoms with Crippen LogP contribution in [0.4, 0.5) is 10.2 Å². The number of piperazine rings is 1. The summed E-state index contributed by atoms with van der Waals surface area (Å²) in [5, 5.41) is 9.97. The van der Waals surface area contributed by atoms with E-state index in [4.69, 9.17) is 33.0 Å². The van der Waals surface area contributed by atoms with Crippen molar-refractivity contribution in [3.05, 3.63) is 58.1 Å². The summed E-state index contributed by atoms with van der Waals surface area (Å²) in [7, 11) is 2.09. The molecule has 1 N–H and O–H groups in total. The summed E-state index contributed by atoms with van der Waals surface area (Å²) < 4.78 is 21.7. The predicted octanol–water partition coefficient (Wildman–Crippen LogP) is 5.22. The molecule has 2 saturated heterocycles. The Morgan fingerprint density at radius 3 is 2.35 bits per heavy atom. The highest BCUT2D eigenvalue weighted by atomic mass is 35.5. The van der Waals surface area contributed by atoms with Crippen molar-refractivity contribution in [1.82, 2.24) is 24.8 Å². The van der Waals surface area contributed by atoms with Crippen LogP contribution in [-0.4, -0.2) is 82.1 Å². The zero-order chi connectivity index (χ0) is 28.2. The van der Waals surface area contributed by atoms with E-state index in [1.807, 2.05) is 0 Å². The number of likely N-dealkylation sites (tertiary alicyclic amines) is 1. The van der Waals surface area contributed by atoms with Crippen LogP contribution in [0, 0.1) is 11.7 Å². The summed E-state index contributed by atoms with van der Waals surface area (Å²) >= 11 is 12.5. The van der Waals surface area contributed by atoms with Crippen LogP contribution in [0.5, 0.6) is 11.8 Å². The second-order valence-corrected chi connectivity index (χ2v) is 11.2. The number of likely N-dealkylation sites (N-methyl/N-ethyl adjacent to an activating group) is 1. The third-order valence-corrected chi connectivity index (χ3v) is 7.80. The van der Waals surface area contributed by atoms with Crippen molar-refractivity contribution < 1.29 is 19.0 Å². The SMILES string of the molecule is CN1CCN(c2cnc(Oc3nc(-c4cc(Cl)cc(Cl)c4)cc(CN4CCC(CC(=O)O)CC4)c3F)cn2)CC1. The first-order chi connectivity index (χ1) is 19.2. The Hall–Kier alpha value is -3.05. The molecule has 0 amide bonds. The van der Waals surface area contributed by atoms with Gasteiger partial charge in [0.2, 0.25) is 5.88 Å². The quantitative estimate of drug-likeness (QED) is 0.380. The molecule has 0 atom stereocenters. The summed E-state index contributed by atoms with van der Waals surface area (Å²) in [6, 6.07) is 6.72. The van der Waals surface area contributed by atoms with E-state index in [0.717, 1.165) is 44.8 Å². The highest BCUT2D eigenvalue weighted by Gasteiger charge is 2.24. The third kappa shape index (κ3) is 7.17. The average molecular weight is 589 g/mol. The summed E-state index contributed by atoms with van der Waals surface area (Å²) in [5.41, 5.74) is 1.48. The number of piperidine rings is 1. The van der Waals surface area contributed by atoms with Gasteiger partial charge in [0.25, 0.3) is 5.88 Å². The molecule has 1 aromatic carbocycles. The van der Waals surface area contributed by atoms with Crippen LogP contribution < -0.4 is 9.64 Å². The lowest BCUT2D eigenvalue weighted by molar-refractivity contribution is -0.138. The summed E-state index contributed by atoms with van der Waals surface area (Å²) in [4.78, 5) is 30.9. The minimum atomic E-state index is -0.787. The first kappa shape index (κ1) is 28.5. The fraction of sp³-hybridized carbons (Fsp3) is 0.429. The Kier molecular flexibility index (Phi) is 9.00. The zero-order valence-electron chi connectivity index (χ0n) is 22.2. The molecule has 212 valence electrons. The second-order valence-electron chi connectivity index (χ2n) is 10.4. The molecule has 0 spiro atoms. The number of rotatable bonds is 8. The number of carbonyl (C=O) groups is 1. The van der Waals surface area contributed by atoms with Crippen molar-refractivity contribution in [2.45, 2.75) is 25.8 Å². The number of pyridine rings is 1. The van der Waals surface area contributed by atoms with Gasteiger partial charge < -0.3 is 19.6 Å². The third-order valence-electron chi connectivity index (χ3n) is 7.37. The molecule has 0 unspecified atom stereocenters. The fourth-order valence-corrected chi connectivity index (χ4v) is 5.61. The summed E-state index contributed by atoms with van der Waals surface area (Å²) in [6.07, 6.45) is 4.75. The second kappa shape index (κ2) is 12.6. The molecule has 12 heteroatoms. The van der Waals surface area contributed by atoms with E-state index >= 15 is 4.39 Å². The molecule has 9 nitrogen and oxygen atoms in total. The normalized spacial score (nSPS) is 17.2. The Morgan fingerprint density at radius 2 is 1.73 bits per heavy atom. The van der Waals surface area contributed by atoms with E-state index < -0.39 is 11.8 Å². The van der Waals surface area contributed by atoms with Crippen LogP contribution in [0.15, 0.2) is 36.7 Å². The minimum absolute atomic E-state index is 0.131. The number of aromatic nitrogens is 3. The van der Waals surface area contributed by atoms with Gasteiger partial charge in [-0.1, -0.05) is 23.2 Å². The molecule has 3 aromatic rings. The number of ether oxygens (including phenoxy) is 1. The van der Waals surface area contributed by atoms with Crippen LogP contribution in [0.1, 0.15) is 24.8 Å². The van der Waals surface area contributed by atoms with Crippen LogP contribution in [0.3, 0.4) is 0 Å². The van der Waals surface area contributed by atoms with E-state index in [1.54, 1.807) is 30.5 Å². The Balaban J connectivity index is 1.39. The van der Waals surface area contributed by atoms with Crippen molar-refractivity contribution in [2.24, 2.45) is 5.92 Å². The molecular formula is C28H31Cl2FN6O3. The van der Waals surface area contributed by atoms with Gasteiger partial charge in [-0.2, -0.15) is 0 Å². The molecule has 2 aromatic heterocycles. The van der Waals surface area contributed by atoms with E-state index in [9.17, 15) is 4.79 Å². The topological polar surface area (TPSA) is 94.9 Å². The smallest absolute Gasteiger partial charge is 0.303 e. The number of carboxylic acids is 1. The monoisotopic (exact) mass is 588 g/mol. The van der Waals surface area contributed by atoms with Crippen LogP contribution in [0.2, 0.25) is 10.0 Å². The summed E-state index contributed by atoms with van der Waals surface area (Å²) in [5.74, 6) is -0.592. The van der Waals surface area contributed by atoms with Gasteiger partial charge in [0.15, 0.2) is 5.82 Å². The highest BCUT2D eigenvalue weighted by Crippen LogP contribution is 2.33. The standard InChI is InChI=1S/C28H31Cl2FN6O3/c1-35-6-8-37(9-7-35)24-15-33-25(16-32-24)40-28-27(31)20(17-36-4-2-18(3-5-36)10-26(38)39)13-23(34-28)19-11-21(29)14-22(30)12-19/h11-16,18H,2-10,17H2,1H3,(H,38,39). The van der Waals surface area contributed by atoms with Crippen LogP contribution in [0.25, 0.3) is 11.3 Å². The molecule has 4 heterocycles. The van der Waals surface area contributed by atoms with E-state index in [2.05, 4.69) is 36.7 Å². The maximum absolute atomic E-state index is 15.8. The number of hydrogen-bond acceptors (Lipinski definition) is 8. The van der Waals surface area contributed by atoms with Gasteiger partial charge in [-0.05, 0) is 63.2 Å². The van der Waals surface area contributed by atoms with Gasteiger partial charge in [-0.3, -0.25) is 9.69 Å². The van der Waals surface area contributed by atoms with Gasteiger partial charge in [0.1, 0.15) is 5.82 Å². The van der Waals surface area contributed by atoms with Crippen molar-refractivity contribution in [2.75, 3.05) is 51.2 Å².